The zero-order chi connectivity index (χ0) is 25.4. The summed E-state index contributed by atoms with van der Waals surface area (Å²) in [5, 5.41) is 21.7. The normalized spacial score (nSPS) is 15.6. The molecular weight excluding hydrogens is 479 g/mol. The minimum absolute atomic E-state index is 0.0250. The molecular formula is C28H21FN2O4S. The molecule has 2 heterocycles. The Morgan fingerprint density at radius 1 is 1.03 bits per heavy atom. The molecule has 2 N–H and O–H groups in total. The van der Waals surface area contributed by atoms with Crippen LogP contribution in [0.3, 0.4) is 0 Å². The molecule has 1 aliphatic rings. The number of thiazole rings is 1. The summed E-state index contributed by atoms with van der Waals surface area (Å²) in [6.45, 7) is 1.74. The highest BCUT2D eigenvalue weighted by molar-refractivity contribution is 7.17. The first-order chi connectivity index (χ1) is 17.3. The SMILES string of the molecule is Cc1nc(-c2ccccc2)sc1C(=O)C1=C(O)C(=O)N(Cc2ccc(F)cc2)C1c1cccc(O)c1. The van der Waals surface area contributed by atoms with E-state index >= 15 is 0 Å². The molecule has 1 aliphatic heterocycles. The Bertz CT molecular complexity index is 1500. The maximum absolute atomic E-state index is 13.8. The predicted molar refractivity (Wildman–Crippen MR) is 134 cm³/mol. The van der Waals surface area contributed by atoms with Gasteiger partial charge in [0.1, 0.15) is 16.6 Å². The lowest BCUT2D eigenvalue weighted by Crippen LogP contribution is -2.30. The number of amides is 1. The second-order valence-electron chi connectivity index (χ2n) is 8.45. The van der Waals surface area contributed by atoms with Gasteiger partial charge >= 0.3 is 0 Å². The lowest BCUT2D eigenvalue weighted by atomic mass is 9.94. The summed E-state index contributed by atoms with van der Waals surface area (Å²) in [5.41, 5.74) is 2.34. The number of benzene rings is 3. The molecule has 6 nitrogen and oxygen atoms in total. The van der Waals surface area contributed by atoms with Crippen molar-refractivity contribution in [2.45, 2.75) is 19.5 Å². The number of aromatic nitrogens is 1. The number of ketones is 1. The molecule has 0 saturated heterocycles. The minimum atomic E-state index is -0.955. The number of carbonyl (C=O) groups excluding carboxylic acids is 2. The number of Topliss-reactive ketones (excluding diaryl/α,β-unsaturated/α-hetero) is 1. The smallest absolute Gasteiger partial charge is 0.290 e. The van der Waals surface area contributed by atoms with Gasteiger partial charge in [0.15, 0.2) is 5.76 Å². The lowest BCUT2D eigenvalue weighted by Gasteiger charge is -2.27. The molecule has 1 aromatic heterocycles. The van der Waals surface area contributed by atoms with Crippen LogP contribution in [-0.4, -0.2) is 31.8 Å². The molecule has 3 aromatic carbocycles. The zero-order valence-corrected chi connectivity index (χ0v) is 20.0. The van der Waals surface area contributed by atoms with Crippen LogP contribution in [0.15, 0.2) is 90.2 Å². The molecule has 1 unspecified atom stereocenters. The molecule has 0 spiro atoms. The van der Waals surface area contributed by atoms with Crippen molar-refractivity contribution in [1.82, 2.24) is 9.88 Å². The highest BCUT2D eigenvalue weighted by Crippen LogP contribution is 2.42. The van der Waals surface area contributed by atoms with Gasteiger partial charge in [0.05, 0.1) is 22.2 Å². The fraction of sp³-hybridized carbons (Fsp3) is 0.107. The monoisotopic (exact) mass is 500 g/mol. The summed E-state index contributed by atoms with van der Waals surface area (Å²) in [7, 11) is 0. The van der Waals surface area contributed by atoms with Gasteiger partial charge in [0.25, 0.3) is 5.91 Å². The van der Waals surface area contributed by atoms with E-state index in [0.717, 1.165) is 5.56 Å². The predicted octanol–water partition coefficient (Wildman–Crippen LogP) is 5.74. The molecule has 0 saturated carbocycles. The number of aromatic hydroxyl groups is 1. The fourth-order valence-corrected chi connectivity index (χ4v) is 5.34. The third-order valence-corrected chi connectivity index (χ3v) is 7.23. The van der Waals surface area contributed by atoms with Crippen molar-refractivity contribution in [3.63, 3.8) is 0 Å². The topological polar surface area (TPSA) is 90.7 Å². The summed E-state index contributed by atoms with van der Waals surface area (Å²) < 4.78 is 13.4. The van der Waals surface area contributed by atoms with Crippen LogP contribution in [0, 0.1) is 12.7 Å². The van der Waals surface area contributed by atoms with E-state index in [1.54, 1.807) is 31.2 Å². The van der Waals surface area contributed by atoms with Gasteiger partial charge in [0.2, 0.25) is 5.78 Å². The first-order valence-electron chi connectivity index (χ1n) is 11.2. The molecule has 1 atom stereocenters. The second kappa shape index (κ2) is 9.39. The average molecular weight is 501 g/mol. The molecule has 0 radical (unpaired) electrons. The first kappa shape index (κ1) is 23.4. The first-order valence-corrected chi connectivity index (χ1v) is 12.0. The van der Waals surface area contributed by atoms with Crippen molar-refractivity contribution in [2.24, 2.45) is 0 Å². The van der Waals surface area contributed by atoms with Gasteiger partial charge in [-0.05, 0) is 42.3 Å². The van der Waals surface area contributed by atoms with Crippen LogP contribution in [-0.2, 0) is 11.3 Å². The molecule has 180 valence electrons. The van der Waals surface area contributed by atoms with Gasteiger partial charge in [-0.1, -0.05) is 54.6 Å². The quantitative estimate of drug-likeness (QED) is 0.330. The van der Waals surface area contributed by atoms with Gasteiger partial charge < -0.3 is 15.1 Å². The Balaban J connectivity index is 1.58. The third-order valence-electron chi connectivity index (χ3n) is 6.02. The van der Waals surface area contributed by atoms with E-state index in [1.165, 1.54) is 40.5 Å². The summed E-state index contributed by atoms with van der Waals surface area (Å²) >= 11 is 1.19. The number of hydrogen-bond acceptors (Lipinski definition) is 6. The van der Waals surface area contributed by atoms with Gasteiger partial charge in [-0.2, -0.15) is 0 Å². The van der Waals surface area contributed by atoms with Crippen LogP contribution < -0.4 is 0 Å². The van der Waals surface area contributed by atoms with Crippen LogP contribution in [0.5, 0.6) is 5.75 Å². The number of aliphatic hydroxyl groups is 1. The van der Waals surface area contributed by atoms with E-state index in [2.05, 4.69) is 4.98 Å². The van der Waals surface area contributed by atoms with Crippen molar-refractivity contribution < 1.29 is 24.2 Å². The molecule has 36 heavy (non-hydrogen) atoms. The summed E-state index contributed by atoms with van der Waals surface area (Å²) in [6.07, 6.45) is 0. The molecule has 1 amide bonds. The zero-order valence-electron chi connectivity index (χ0n) is 19.2. The average Bonchev–Trinajstić information content (AvgIpc) is 3.38. The Hall–Kier alpha value is -4.30. The van der Waals surface area contributed by atoms with Crippen molar-refractivity contribution in [2.75, 3.05) is 0 Å². The van der Waals surface area contributed by atoms with Crippen molar-refractivity contribution >= 4 is 23.0 Å². The number of phenols is 1. The molecule has 0 bridgehead atoms. The summed E-state index contributed by atoms with van der Waals surface area (Å²) in [4.78, 5) is 33.3. The van der Waals surface area contributed by atoms with Gasteiger partial charge in [-0.25, -0.2) is 9.37 Å². The molecule has 5 rings (SSSR count). The maximum Gasteiger partial charge on any atom is 0.290 e. The van der Waals surface area contributed by atoms with E-state index in [-0.39, 0.29) is 17.9 Å². The molecule has 4 aromatic rings. The number of phenolic OH excluding ortho intramolecular Hbond substituents is 1. The van der Waals surface area contributed by atoms with Crippen molar-refractivity contribution in [3.8, 4) is 16.3 Å². The standard InChI is InChI=1S/C28H21FN2O4S/c1-16-26(36-27(30-16)18-6-3-2-4-7-18)24(33)22-23(19-8-5-9-21(32)14-19)31(28(35)25(22)34)15-17-10-12-20(29)13-11-17/h2-14,23,32,34H,15H2,1H3. The van der Waals surface area contributed by atoms with Crippen molar-refractivity contribution in [3.05, 3.63) is 118 Å². The van der Waals surface area contributed by atoms with Crippen LogP contribution in [0.25, 0.3) is 10.6 Å². The number of halogens is 1. The van der Waals surface area contributed by atoms with Gasteiger partial charge in [0, 0.05) is 12.1 Å². The van der Waals surface area contributed by atoms with E-state index < -0.39 is 29.3 Å². The van der Waals surface area contributed by atoms with E-state index in [4.69, 9.17) is 0 Å². The minimum Gasteiger partial charge on any atom is -0.508 e. The number of hydrogen-bond donors (Lipinski definition) is 2. The molecule has 8 heteroatoms. The Morgan fingerprint density at radius 2 is 1.75 bits per heavy atom. The Morgan fingerprint density at radius 3 is 2.44 bits per heavy atom. The highest BCUT2D eigenvalue weighted by Gasteiger charge is 2.44. The molecule has 0 fully saturated rings. The maximum atomic E-state index is 13.8. The molecule has 0 aliphatic carbocycles. The van der Waals surface area contributed by atoms with Crippen molar-refractivity contribution in [1.29, 1.82) is 0 Å². The highest BCUT2D eigenvalue weighted by atomic mass is 32.1. The second-order valence-corrected chi connectivity index (χ2v) is 9.45. The van der Waals surface area contributed by atoms with Crippen LogP contribution in [0.1, 0.15) is 32.5 Å². The number of aryl methyl sites for hydroxylation is 1. The van der Waals surface area contributed by atoms with E-state index in [9.17, 15) is 24.2 Å². The van der Waals surface area contributed by atoms with Crippen LogP contribution >= 0.6 is 11.3 Å². The van der Waals surface area contributed by atoms with Gasteiger partial charge in [-0.15, -0.1) is 11.3 Å². The van der Waals surface area contributed by atoms with E-state index in [0.29, 0.717) is 26.7 Å². The summed E-state index contributed by atoms with van der Waals surface area (Å²) in [5.74, 6) is -2.33. The fourth-order valence-electron chi connectivity index (χ4n) is 4.31. The Labute approximate surface area is 210 Å². The van der Waals surface area contributed by atoms with Crippen LogP contribution in [0.4, 0.5) is 4.39 Å². The Kier molecular flexibility index (Phi) is 6.12. The van der Waals surface area contributed by atoms with Gasteiger partial charge in [-0.3, -0.25) is 9.59 Å². The number of nitrogens with zero attached hydrogens (tertiary/aromatic N) is 2. The summed E-state index contributed by atoms with van der Waals surface area (Å²) in [6, 6.07) is 20.3. The van der Waals surface area contributed by atoms with Crippen LogP contribution in [0.2, 0.25) is 0 Å². The largest absolute Gasteiger partial charge is 0.508 e. The number of carbonyl (C=O) groups is 2. The lowest BCUT2D eigenvalue weighted by molar-refractivity contribution is -0.130. The number of rotatable bonds is 6. The number of aliphatic hydroxyl groups excluding tert-OH is 1. The van der Waals surface area contributed by atoms with E-state index in [1.807, 2.05) is 30.3 Å². The third kappa shape index (κ3) is 4.27.